The molecule has 0 fully saturated rings. The van der Waals surface area contributed by atoms with Gasteiger partial charge in [0.2, 0.25) is 0 Å². The van der Waals surface area contributed by atoms with Crippen LogP contribution in [0.15, 0.2) is 182 Å². The predicted octanol–water partition coefficient (Wildman–Crippen LogP) is 13.5. The van der Waals surface area contributed by atoms with E-state index in [4.69, 9.17) is 15.0 Å². The number of hydrogen-bond donors (Lipinski definition) is 0. The Morgan fingerprint density at radius 2 is 0.836 bits per heavy atom. The standard InChI is InChI=1S/C57H44N3.Ir/c1-40-31-55(45-19-9-4-10-20-45)58-37-48(40)29-27-42-33-43(28-30-49-38-59-56(32-41(49)2)46-21-11-5-12-22-46)35-50(34-42)51-25-15-16-26-52(51)54-39-60-57(47-23-13-6-14-24-47)36-53(54)44-17-7-3-8-18-44;/h3-19,21,23,25-26,31-39H,27-30H2,1-2H3;/q-3;+3. The molecule has 0 bridgehead atoms. The second kappa shape index (κ2) is 19.2. The summed E-state index contributed by atoms with van der Waals surface area (Å²) >= 11 is 0. The molecule has 0 N–H and O–H groups in total. The van der Waals surface area contributed by atoms with Gasteiger partial charge in [-0.3, -0.25) is 0 Å². The summed E-state index contributed by atoms with van der Waals surface area (Å²) in [5.74, 6) is 0. The quantitative estimate of drug-likeness (QED) is 0.115. The first kappa shape index (κ1) is 41.2. The van der Waals surface area contributed by atoms with E-state index in [1.54, 1.807) is 0 Å². The fourth-order valence-electron chi connectivity index (χ4n) is 8.05. The minimum absolute atomic E-state index is 0. The average molecular weight is 963 g/mol. The number of nitrogens with zero attached hydrogens (tertiary/aromatic N) is 3. The molecule has 61 heavy (non-hydrogen) atoms. The summed E-state index contributed by atoms with van der Waals surface area (Å²) in [6.45, 7) is 4.39. The van der Waals surface area contributed by atoms with Crippen LogP contribution in [0.1, 0.15) is 33.4 Å². The van der Waals surface area contributed by atoms with Gasteiger partial charge in [0.15, 0.2) is 0 Å². The molecule has 0 saturated heterocycles. The summed E-state index contributed by atoms with van der Waals surface area (Å²) in [6.07, 6.45) is 9.71. The molecule has 0 amide bonds. The Balaban J connectivity index is 0.00000514. The van der Waals surface area contributed by atoms with E-state index < -0.39 is 0 Å². The minimum Gasteiger partial charge on any atom is -0.304 e. The molecular formula is C57H44IrN3. The Hall–Kier alpha value is -6.58. The molecule has 0 saturated carbocycles. The van der Waals surface area contributed by atoms with Crippen LogP contribution in [0.25, 0.3) is 67.2 Å². The van der Waals surface area contributed by atoms with Gasteiger partial charge in [-0.1, -0.05) is 102 Å². The van der Waals surface area contributed by atoms with Crippen LogP contribution in [0.2, 0.25) is 0 Å². The Labute approximate surface area is 373 Å². The molecule has 3 heterocycles. The van der Waals surface area contributed by atoms with Crippen LogP contribution in [0.3, 0.4) is 0 Å². The molecule has 0 unspecified atom stereocenters. The first-order valence-corrected chi connectivity index (χ1v) is 20.7. The van der Waals surface area contributed by atoms with Gasteiger partial charge in [0, 0.05) is 24.2 Å². The van der Waals surface area contributed by atoms with Crippen molar-refractivity contribution in [1.29, 1.82) is 0 Å². The molecule has 0 aliphatic heterocycles. The number of aromatic nitrogens is 3. The van der Waals surface area contributed by atoms with Crippen LogP contribution in [0.4, 0.5) is 0 Å². The van der Waals surface area contributed by atoms with E-state index in [1.807, 2.05) is 73.2 Å². The zero-order chi connectivity index (χ0) is 40.7. The van der Waals surface area contributed by atoms with Crippen LogP contribution >= 0.6 is 0 Å². The molecular weight excluding hydrogens is 919 g/mol. The van der Waals surface area contributed by atoms with Crippen molar-refractivity contribution in [3.05, 3.63) is 234 Å². The summed E-state index contributed by atoms with van der Waals surface area (Å²) in [5.41, 5.74) is 20.4. The Morgan fingerprint density at radius 1 is 0.377 bits per heavy atom. The molecule has 9 rings (SSSR count). The predicted molar refractivity (Wildman–Crippen MR) is 246 cm³/mol. The van der Waals surface area contributed by atoms with Crippen LogP contribution in [-0.2, 0) is 45.8 Å². The monoisotopic (exact) mass is 963 g/mol. The van der Waals surface area contributed by atoms with E-state index in [0.717, 1.165) is 81.7 Å². The van der Waals surface area contributed by atoms with Crippen molar-refractivity contribution in [2.45, 2.75) is 39.5 Å². The first-order valence-electron chi connectivity index (χ1n) is 20.7. The SMILES string of the molecule is Cc1cc(-c2[c-]cccc2)ncc1CCc1cc(CCc2cnc(-c3[c-]cccc3)cc2C)cc(-c2ccccc2-c2cnc(-c3[c-]cccc3)cc2-c2ccccc2)c1.[Ir+3]. The van der Waals surface area contributed by atoms with Crippen LogP contribution in [0, 0.1) is 32.0 Å². The number of pyridine rings is 3. The second-order valence-electron chi connectivity index (χ2n) is 15.4. The summed E-state index contributed by atoms with van der Waals surface area (Å²) in [6, 6.07) is 67.3. The summed E-state index contributed by atoms with van der Waals surface area (Å²) in [4.78, 5) is 14.7. The van der Waals surface area contributed by atoms with Crippen molar-refractivity contribution in [2.24, 2.45) is 0 Å². The maximum atomic E-state index is 5.03. The topological polar surface area (TPSA) is 38.7 Å². The molecule has 4 heteroatoms. The Morgan fingerprint density at radius 3 is 1.33 bits per heavy atom. The number of hydrogen-bond acceptors (Lipinski definition) is 3. The maximum absolute atomic E-state index is 5.03. The van der Waals surface area contributed by atoms with Gasteiger partial charge in [0.25, 0.3) is 0 Å². The molecule has 0 aliphatic carbocycles. The third-order valence-corrected chi connectivity index (χ3v) is 11.3. The van der Waals surface area contributed by atoms with Gasteiger partial charge >= 0.3 is 20.1 Å². The molecule has 296 valence electrons. The molecule has 6 aromatic carbocycles. The molecule has 0 radical (unpaired) electrons. The third kappa shape index (κ3) is 9.58. The van der Waals surface area contributed by atoms with E-state index in [1.165, 1.54) is 44.5 Å². The van der Waals surface area contributed by atoms with Gasteiger partial charge in [-0.05, 0) is 107 Å². The molecule has 0 spiro atoms. The van der Waals surface area contributed by atoms with Gasteiger partial charge in [-0.25, -0.2) is 0 Å². The van der Waals surface area contributed by atoms with Crippen molar-refractivity contribution in [1.82, 2.24) is 15.0 Å². The zero-order valence-electron chi connectivity index (χ0n) is 34.3. The third-order valence-electron chi connectivity index (χ3n) is 11.3. The fourth-order valence-corrected chi connectivity index (χ4v) is 8.05. The summed E-state index contributed by atoms with van der Waals surface area (Å²) in [5, 5.41) is 0. The molecule has 9 aromatic rings. The number of rotatable bonds is 12. The summed E-state index contributed by atoms with van der Waals surface area (Å²) in [7, 11) is 0. The van der Waals surface area contributed by atoms with Gasteiger partial charge in [0.1, 0.15) is 0 Å². The Kier molecular flexibility index (Phi) is 13.0. The van der Waals surface area contributed by atoms with Crippen molar-refractivity contribution in [3.63, 3.8) is 0 Å². The zero-order valence-corrected chi connectivity index (χ0v) is 36.7. The van der Waals surface area contributed by atoms with Crippen molar-refractivity contribution < 1.29 is 20.1 Å². The van der Waals surface area contributed by atoms with Crippen LogP contribution < -0.4 is 0 Å². The molecule has 3 nitrogen and oxygen atoms in total. The summed E-state index contributed by atoms with van der Waals surface area (Å²) < 4.78 is 0. The van der Waals surface area contributed by atoms with E-state index in [0.29, 0.717) is 0 Å². The van der Waals surface area contributed by atoms with Crippen LogP contribution in [-0.4, -0.2) is 15.0 Å². The first-order chi connectivity index (χ1) is 29.6. The van der Waals surface area contributed by atoms with Crippen molar-refractivity contribution in [2.75, 3.05) is 0 Å². The van der Waals surface area contributed by atoms with Gasteiger partial charge < -0.3 is 15.0 Å². The van der Waals surface area contributed by atoms with E-state index in [-0.39, 0.29) is 20.1 Å². The molecule has 0 aliphatic rings. The normalized spacial score (nSPS) is 10.9. The fraction of sp³-hybridized carbons (Fsp3) is 0.105. The van der Waals surface area contributed by atoms with Crippen molar-refractivity contribution >= 4 is 0 Å². The minimum atomic E-state index is 0. The van der Waals surface area contributed by atoms with E-state index in [9.17, 15) is 0 Å². The smallest absolute Gasteiger partial charge is 0.304 e. The number of benzene rings is 6. The number of aryl methyl sites for hydroxylation is 6. The van der Waals surface area contributed by atoms with Gasteiger partial charge in [-0.15, -0.1) is 108 Å². The van der Waals surface area contributed by atoms with E-state index >= 15 is 0 Å². The largest absolute Gasteiger partial charge is 3.00 e. The molecule has 0 atom stereocenters. The van der Waals surface area contributed by atoms with E-state index in [2.05, 4.69) is 141 Å². The Bertz CT molecular complexity index is 2760. The van der Waals surface area contributed by atoms with Crippen molar-refractivity contribution in [3.8, 4) is 67.2 Å². The average Bonchev–Trinajstić information content (AvgIpc) is 3.31. The molecule has 3 aromatic heterocycles. The van der Waals surface area contributed by atoms with Gasteiger partial charge in [-0.2, -0.15) is 0 Å². The maximum Gasteiger partial charge on any atom is 3.00 e. The second-order valence-corrected chi connectivity index (χ2v) is 15.4. The van der Waals surface area contributed by atoms with Crippen LogP contribution in [0.5, 0.6) is 0 Å². The van der Waals surface area contributed by atoms with Gasteiger partial charge in [0.05, 0.1) is 0 Å².